The van der Waals surface area contributed by atoms with Crippen LogP contribution >= 0.6 is 0 Å². The Morgan fingerprint density at radius 3 is 2.32 bits per heavy atom. The summed E-state index contributed by atoms with van der Waals surface area (Å²) in [7, 11) is 0. The van der Waals surface area contributed by atoms with Crippen molar-refractivity contribution in [2.24, 2.45) is 11.7 Å². The highest BCUT2D eigenvalue weighted by Crippen LogP contribution is 2.26. The quantitative estimate of drug-likeness (QED) is 0.568. The van der Waals surface area contributed by atoms with E-state index in [4.69, 9.17) is 5.73 Å². The molecular weight excluding hydrogens is 248 g/mol. The van der Waals surface area contributed by atoms with Crippen molar-refractivity contribution in [3.8, 4) is 0 Å². The van der Waals surface area contributed by atoms with Gasteiger partial charge in [0.1, 0.15) is 5.54 Å². The lowest BCUT2D eigenvalue weighted by Crippen LogP contribution is -2.58. The summed E-state index contributed by atoms with van der Waals surface area (Å²) in [4.78, 5) is 36.7. The summed E-state index contributed by atoms with van der Waals surface area (Å²) in [5, 5.41) is 4.91. The van der Waals surface area contributed by atoms with E-state index in [2.05, 4.69) is 10.6 Å². The summed E-state index contributed by atoms with van der Waals surface area (Å²) in [6.45, 7) is 4.68. The molecule has 4 amide bonds. The van der Waals surface area contributed by atoms with E-state index in [0.717, 1.165) is 0 Å². The normalized spacial score (nSPS) is 23.5. The molecule has 0 aromatic heterocycles. The topological polar surface area (TPSA) is 105 Å². The van der Waals surface area contributed by atoms with E-state index < -0.39 is 17.6 Å². The molecule has 4 N–H and O–H groups in total. The number of piperidine rings is 1. The van der Waals surface area contributed by atoms with Gasteiger partial charge in [-0.2, -0.15) is 0 Å². The molecule has 0 saturated carbocycles. The van der Waals surface area contributed by atoms with E-state index in [1.54, 1.807) is 4.90 Å². The molecule has 1 spiro atoms. The van der Waals surface area contributed by atoms with Gasteiger partial charge in [0.05, 0.1) is 6.04 Å². The molecule has 2 saturated heterocycles. The minimum atomic E-state index is -0.838. The monoisotopic (exact) mass is 268 g/mol. The molecule has 1 unspecified atom stereocenters. The molecule has 0 aromatic rings. The van der Waals surface area contributed by atoms with Crippen LogP contribution in [0.3, 0.4) is 0 Å². The number of amides is 4. The number of hydrogen-bond acceptors (Lipinski definition) is 4. The third kappa shape index (κ3) is 2.42. The molecule has 2 aliphatic heterocycles. The molecule has 0 radical (unpaired) electrons. The Balaban J connectivity index is 1.98. The highest BCUT2D eigenvalue weighted by molar-refractivity contribution is 6.07. The summed E-state index contributed by atoms with van der Waals surface area (Å²) in [5.74, 6) is -0.301. The van der Waals surface area contributed by atoms with Crippen LogP contribution in [-0.4, -0.2) is 47.4 Å². The Morgan fingerprint density at radius 2 is 1.89 bits per heavy atom. The number of hydrogen-bond donors (Lipinski definition) is 3. The number of rotatable bonds is 2. The molecule has 0 aliphatic carbocycles. The number of nitrogens with zero attached hydrogens (tertiary/aromatic N) is 1. The zero-order valence-corrected chi connectivity index (χ0v) is 11.2. The number of nitrogens with two attached hydrogens (primary N) is 1. The first-order chi connectivity index (χ1) is 8.85. The van der Waals surface area contributed by atoms with Gasteiger partial charge in [0, 0.05) is 13.1 Å². The minimum absolute atomic E-state index is 0.0814. The Labute approximate surface area is 111 Å². The van der Waals surface area contributed by atoms with Gasteiger partial charge in [-0.25, -0.2) is 4.79 Å². The third-order valence-electron chi connectivity index (χ3n) is 3.95. The molecular formula is C12H20N4O3. The van der Waals surface area contributed by atoms with Crippen molar-refractivity contribution in [1.29, 1.82) is 0 Å². The fourth-order valence-electron chi connectivity index (χ4n) is 2.48. The molecule has 2 heterocycles. The van der Waals surface area contributed by atoms with Gasteiger partial charge in [0.2, 0.25) is 5.91 Å². The Morgan fingerprint density at radius 1 is 1.32 bits per heavy atom. The first kappa shape index (κ1) is 13.8. The lowest BCUT2D eigenvalue weighted by atomic mass is 9.87. The van der Waals surface area contributed by atoms with E-state index in [-0.39, 0.29) is 17.7 Å². The van der Waals surface area contributed by atoms with Crippen molar-refractivity contribution in [2.45, 2.75) is 38.3 Å². The van der Waals surface area contributed by atoms with Crippen molar-refractivity contribution < 1.29 is 14.4 Å². The molecule has 1 atom stereocenters. The summed E-state index contributed by atoms with van der Waals surface area (Å²) in [6.07, 6.45) is 0.863. The van der Waals surface area contributed by atoms with E-state index in [0.29, 0.717) is 25.9 Å². The summed E-state index contributed by atoms with van der Waals surface area (Å²) >= 11 is 0. The van der Waals surface area contributed by atoms with Crippen LogP contribution in [0.25, 0.3) is 0 Å². The van der Waals surface area contributed by atoms with Crippen molar-refractivity contribution in [3.63, 3.8) is 0 Å². The van der Waals surface area contributed by atoms with Gasteiger partial charge in [0.15, 0.2) is 0 Å². The number of imide groups is 1. The number of urea groups is 1. The fraction of sp³-hybridized carbons (Fsp3) is 0.750. The van der Waals surface area contributed by atoms with Gasteiger partial charge >= 0.3 is 6.03 Å². The van der Waals surface area contributed by atoms with Gasteiger partial charge < -0.3 is 16.0 Å². The van der Waals surface area contributed by atoms with Gasteiger partial charge in [-0.3, -0.25) is 14.9 Å². The predicted molar refractivity (Wildman–Crippen MR) is 68.0 cm³/mol. The Bertz CT molecular complexity index is 413. The zero-order valence-electron chi connectivity index (χ0n) is 11.2. The molecule has 0 bridgehead atoms. The van der Waals surface area contributed by atoms with Crippen LogP contribution in [0.5, 0.6) is 0 Å². The third-order valence-corrected chi connectivity index (χ3v) is 3.95. The van der Waals surface area contributed by atoms with Crippen LogP contribution in [0.1, 0.15) is 26.7 Å². The lowest BCUT2D eigenvalue weighted by molar-refractivity contribution is -0.137. The van der Waals surface area contributed by atoms with Gasteiger partial charge in [-0.1, -0.05) is 13.8 Å². The highest BCUT2D eigenvalue weighted by Gasteiger charge is 2.48. The number of carbonyl (C=O) groups excluding carboxylic acids is 3. The van der Waals surface area contributed by atoms with Gasteiger partial charge in [-0.15, -0.1) is 0 Å². The molecule has 7 nitrogen and oxygen atoms in total. The molecule has 19 heavy (non-hydrogen) atoms. The van der Waals surface area contributed by atoms with Crippen LogP contribution in [-0.2, 0) is 9.59 Å². The predicted octanol–water partition coefficient (Wildman–Crippen LogP) is -0.830. The second kappa shape index (κ2) is 4.80. The zero-order chi connectivity index (χ0) is 14.2. The largest absolute Gasteiger partial charge is 0.341 e. The van der Waals surface area contributed by atoms with Crippen molar-refractivity contribution in [1.82, 2.24) is 15.5 Å². The standard InChI is InChI=1S/C12H20N4O3/c1-7(2)8(13)9(17)16-5-3-12(4-6-16)10(18)14-11(19)15-12/h7-8H,3-6,13H2,1-2H3,(H2,14,15,18,19). The van der Waals surface area contributed by atoms with Crippen molar-refractivity contribution >= 4 is 17.8 Å². The number of nitrogens with one attached hydrogen (secondary N) is 2. The highest BCUT2D eigenvalue weighted by atomic mass is 16.2. The molecule has 2 rings (SSSR count). The maximum Gasteiger partial charge on any atom is 0.322 e. The second-order valence-electron chi connectivity index (χ2n) is 5.59. The molecule has 2 fully saturated rings. The number of likely N-dealkylation sites (tertiary alicyclic amines) is 1. The molecule has 7 heteroatoms. The maximum absolute atomic E-state index is 12.1. The van der Waals surface area contributed by atoms with Crippen LogP contribution in [0, 0.1) is 5.92 Å². The van der Waals surface area contributed by atoms with Crippen LogP contribution < -0.4 is 16.4 Å². The average molecular weight is 268 g/mol. The SMILES string of the molecule is CC(C)C(N)C(=O)N1CCC2(CC1)NC(=O)NC2=O. The van der Waals surface area contributed by atoms with Gasteiger partial charge in [-0.05, 0) is 18.8 Å². The molecule has 106 valence electrons. The van der Waals surface area contributed by atoms with E-state index in [9.17, 15) is 14.4 Å². The van der Waals surface area contributed by atoms with E-state index >= 15 is 0 Å². The van der Waals surface area contributed by atoms with Crippen LogP contribution in [0.2, 0.25) is 0 Å². The van der Waals surface area contributed by atoms with Crippen LogP contribution in [0.4, 0.5) is 4.79 Å². The first-order valence-corrected chi connectivity index (χ1v) is 6.54. The second-order valence-corrected chi connectivity index (χ2v) is 5.59. The van der Waals surface area contributed by atoms with Gasteiger partial charge in [0.25, 0.3) is 5.91 Å². The summed E-state index contributed by atoms with van der Waals surface area (Å²) < 4.78 is 0. The summed E-state index contributed by atoms with van der Waals surface area (Å²) in [5.41, 5.74) is 5.01. The minimum Gasteiger partial charge on any atom is -0.341 e. The molecule has 2 aliphatic rings. The Kier molecular flexibility index (Phi) is 3.49. The van der Waals surface area contributed by atoms with Crippen molar-refractivity contribution in [2.75, 3.05) is 13.1 Å². The van der Waals surface area contributed by atoms with Crippen molar-refractivity contribution in [3.05, 3.63) is 0 Å². The first-order valence-electron chi connectivity index (χ1n) is 6.54. The van der Waals surface area contributed by atoms with Crippen LogP contribution in [0.15, 0.2) is 0 Å². The Hall–Kier alpha value is -1.63. The van der Waals surface area contributed by atoms with E-state index in [1.165, 1.54) is 0 Å². The maximum atomic E-state index is 12.1. The smallest absolute Gasteiger partial charge is 0.322 e. The number of carbonyl (C=O) groups is 3. The van der Waals surface area contributed by atoms with E-state index in [1.807, 2.05) is 13.8 Å². The molecule has 0 aromatic carbocycles. The fourth-order valence-corrected chi connectivity index (χ4v) is 2.48. The summed E-state index contributed by atoms with van der Waals surface area (Å²) in [6, 6.07) is -0.968. The lowest BCUT2D eigenvalue weighted by Gasteiger charge is -2.38. The average Bonchev–Trinajstić information content (AvgIpc) is 2.63.